The molecule has 0 bridgehead atoms. The lowest BCUT2D eigenvalue weighted by atomic mass is 10.0. The van der Waals surface area contributed by atoms with Crippen LogP contribution in [0, 0.1) is 5.92 Å². The first-order chi connectivity index (χ1) is 5.49. The lowest BCUT2D eigenvalue weighted by Crippen LogP contribution is -2.36. The zero-order valence-corrected chi connectivity index (χ0v) is 6.41. The highest BCUT2D eigenvalue weighted by molar-refractivity contribution is 5.73. The highest BCUT2D eigenvalue weighted by Gasteiger charge is 2.24. The van der Waals surface area contributed by atoms with Gasteiger partial charge in [-0.3, -0.25) is 4.79 Å². The van der Waals surface area contributed by atoms with Gasteiger partial charge in [0.2, 0.25) is 6.43 Å². The van der Waals surface area contributed by atoms with Crippen LogP contribution in [0.1, 0.15) is 6.42 Å². The number of carboxylic acid groups (broad SMARTS) is 1. The van der Waals surface area contributed by atoms with E-state index < -0.39 is 24.4 Å². The predicted molar refractivity (Wildman–Crippen MR) is 38.8 cm³/mol. The standard InChI is InChI=1S/C6H12F2N2O2/c7-5(8)3(2-9)1-4(10)6(11)12/h3-5H,1-2,9-10H2,(H,11,12)/t3?,4-/m1/s1. The van der Waals surface area contributed by atoms with E-state index >= 15 is 0 Å². The third kappa shape index (κ3) is 3.59. The topological polar surface area (TPSA) is 89.3 Å². The SMILES string of the molecule is NCC(C[C@@H](N)C(=O)O)C(F)F. The van der Waals surface area contributed by atoms with Crippen LogP contribution in [-0.4, -0.2) is 30.1 Å². The highest BCUT2D eigenvalue weighted by Crippen LogP contribution is 2.13. The molecule has 0 aromatic carbocycles. The van der Waals surface area contributed by atoms with E-state index in [0.29, 0.717) is 0 Å². The summed E-state index contributed by atoms with van der Waals surface area (Å²) in [6.45, 7) is -0.251. The van der Waals surface area contributed by atoms with Gasteiger partial charge in [0.15, 0.2) is 0 Å². The number of nitrogens with two attached hydrogens (primary N) is 2. The quantitative estimate of drug-likeness (QED) is 0.541. The van der Waals surface area contributed by atoms with Gasteiger partial charge in [0.05, 0.1) is 0 Å². The van der Waals surface area contributed by atoms with Crippen molar-refractivity contribution in [1.82, 2.24) is 0 Å². The van der Waals surface area contributed by atoms with Crippen LogP contribution in [0.2, 0.25) is 0 Å². The van der Waals surface area contributed by atoms with Crippen LogP contribution in [0.25, 0.3) is 0 Å². The van der Waals surface area contributed by atoms with E-state index in [-0.39, 0.29) is 13.0 Å². The summed E-state index contributed by atoms with van der Waals surface area (Å²) in [6, 6.07) is -1.26. The molecule has 12 heavy (non-hydrogen) atoms. The second kappa shape index (κ2) is 5.00. The van der Waals surface area contributed by atoms with Crippen molar-refractivity contribution in [3.8, 4) is 0 Å². The molecule has 2 atom stereocenters. The molecule has 0 saturated heterocycles. The zero-order valence-electron chi connectivity index (χ0n) is 6.41. The van der Waals surface area contributed by atoms with Crippen molar-refractivity contribution in [2.45, 2.75) is 18.9 Å². The van der Waals surface area contributed by atoms with Crippen molar-refractivity contribution < 1.29 is 18.7 Å². The van der Waals surface area contributed by atoms with Crippen LogP contribution >= 0.6 is 0 Å². The van der Waals surface area contributed by atoms with Crippen LogP contribution in [-0.2, 0) is 4.79 Å². The van der Waals surface area contributed by atoms with Gasteiger partial charge in [-0.25, -0.2) is 8.78 Å². The molecule has 0 aliphatic rings. The largest absolute Gasteiger partial charge is 0.480 e. The second-order valence-corrected chi connectivity index (χ2v) is 2.51. The fraction of sp³-hybridized carbons (Fsp3) is 0.833. The molecule has 0 heterocycles. The van der Waals surface area contributed by atoms with E-state index in [1.54, 1.807) is 0 Å². The molecule has 1 unspecified atom stereocenters. The van der Waals surface area contributed by atoms with Crippen LogP contribution in [0.3, 0.4) is 0 Å². The van der Waals surface area contributed by atoms with E-state index in [1.807, 2.05) is 0 Å². The van der Waals surface area contributed by atoms with Gasteiger partial charge < -0.3 is 16.6 Å². The maximum atomic E-state index is 12.0. The molecule has 0 aliphatic carbocycles. The van der Waals surface area contributed by atoms with E-state index in [1.165, 1.54) is 0 Å². The molecule has 0 spiro atoms. The number of carboxylic acids is 1. The van der Waals surface area contributed by atoms with Crippen molar-refractivity contribution in [2.24, 2.45) is 17.4 Å². The molecule has 0 rings (SSSR count). The molecule has 72 valence electrons. The van der Waals surface area contributed by atoms with Crippen molar-refractivity contribution in [1.29, 1.82) is 0 Å². The van der Waals surface area contributed by atoms with Gasteiger partial charge in [-0.15, -0.1) is 0 Å². The van der Waals surface area contributed by atoms with Gasteiger partial charge in [-0.2, -0.15) is 0 Å². The third-order valence-corrected chi connectivity index (χ3v) is 1.53. The Morgan fingerprint density at radius 2 is 2.00 bits per heavy atom. The number of carbonyl (C=O) groups is 1. The third-order valence-electron chi connectivity index (χ3n) is 1.53. The number of aliphatic carboxylic acids is 1. The lowest BCUT2D eigenvalue weighted by Gasteiger charge is -2.15. The molecule has 6 heteroatoms. The maximum Gasteiger partial charge on any atom is 0.320 e. The number of hydrogen-bond acceptors (Lipinski definition) is 3. The summed E-state index contributed by atoms with van der Waals surface area (Å²) < 4.78 is 24.0. The van der Waals surface area contributed by atoms with Crippen LogP contribution < -0.4 is 11.5 Å². The van der Waals surface area contributed by atoms with Gasteiger partial charge in [-0.1, -0.05) is 0 Å². The Morgan fingerprint density at radius 1 is 1.50 bits per heavy atom. The molecule has 0 saturated carbocycles. The Labute approximate surface area is 68.5 Å². The smallest absolute Gasteiger partial charge is 0.320 e. The summed E-state index contributed by atoms with van der Waals surface area (Å²) in [4.78, 5) is 10.2. The normalized spacial score (nSPS) is 16.1. The highest BCUT2D eigenvalue weighted by atomic mass is 19.3. The summed E-state index contributed by atoms with van der Waals surface area (Å²) >= 11 is 0. The minimum Gasteiger partial charge on any atom is -0.480 e. The fourth-order valence-electron chi connectivity index (χ4n) is 0.729. The van der Waals surface area contributed by atoms with Crippen molar-refractivity contribution >= 4 is 5.97 Å². The monoisotopic (exact) mass is 182 g/mol. The van der Waals surface area contributed by atoms with Gasteiger partial charge in [0, 0.05) is 12.5 Å². The fourth-order valence-corrected chi connectivity index (χ4v) is 0.729. The molecule has 0 aromatic heterocycles. The van der Waals surface area contributed by atoms with Crippen LogP contribution in [0.15, 0.2) is 0 Å². The molecule has 0 amide bonds. The minimum absolute atomic E-state index is 0.251. The van der Waals surface area contributed by atoms with E-state index in [0.717, 1.165) is 0 Å². The average Bonchev–Trinajstić information content (AvgIpc) is 1.98. The van der Waals surface area contributed by atoms with Gasteiger partial charge >= 0.3 is 5.97 Å². The molecule has 0 aromatic rings. The summed E-state index contributed by atoms with van der Waals surface area (Å²) in [5, 5.41) is 8.30. The van der Waals surface area contributed by atoms with E-state index in [2.05, 4.69) is 0 Å². The minimum atomic E-state index is -2.61. The summed E-state index contributed by atoms with van der Waals surface area (Å²) in [6.07, 6.45) is -2.90. The summed E-state index contributed by atoms with van der Waals surface area (Å²) in [7, 11) is 0. The second-order valence-electron chi connectivity index (χ2n) is 2.51. The van der Waals surface area contributed by atoms with E-state index in [4.69, 9.17) is 16.6 Å². The van der Waals surface area contributed by atoms with Crippen molar-refractivity contribution in [2.75, 3.05) is 6.54 Å². The first-order valence-corrected chi connectivity index (χ1v) is 3.45. The van der Waals surface area contributed by atoms with E-state index in [9.17, 15) is 13.6 Å². The Kier molecular flexibility index (Phi) is 4.68. The first kappa shape index (κ1) is 11.2. The van der Waals surface area contributed by atoms with Crippen LogP contribution in [0.5, 0.6) is 0 Å². The van der Waals surface area contributed by atoms with Gasteiger partial charge in [0.25, 0.3) is 0 Å². The Bertz CT molecular complexity index is 154. The number of alkyl halides is 2. The molecule has 0 aliphatic heterocycles. The molecule has 4 nitrogen and oxygen atoms in total. The average molecular weight is 182 g/mol. The van der Waals surface area contributed by atoms with Gasteiger partial charge in [0.1, 0.15) is 6.04 Å². The number of hydrogen-bond donors (Lipinski definition) is 3. The summed E-state index contributed by atoms with van der Waals surface area (Å²) in [5.41, 5.74) is 10.0. The summed E-state index contributed by atoms with van der Waals surface area (Å²) in [5.74, 6) is -2.41. The number of rotatable bonds is 5. The number of halogens is 2. The Balaban J connectivity index is 3.93. The predicted octanol–water partition coefficient (Wildman–Crippen LogP) is -0.372. The first-order valence-electron chi connectivity index (χ1n) is 3.45. The van der Waals surface area contributed by atoms with Crippen LogP contribution in [0.4, 0.5) is 8.78 Å². The van der Waals surface area contributed by atoms with Crippen molar-refractivity contribution in [3.63, 3.8) is 0 Å². The Hall–Kier alpha value is -0.750. The van der Waals surface area contributed by atoms with Crippen molar-refractivity contribution in [3.05, 3.63) is 0 Å². The molecular weight excluding hydrogens is 170 g/mol. The molecule has 0 fully saturated rings. The Morgan fingerprint density at radius 3 is 2.25 bits per heavy atom. The maximum absolute atomic E-state index is 12.0. The zero-order chi connectivity index (χ0) is 9.72. The molecule has 0 radical (unpaired) electrons. The molecular formula is C6H12F2N2O2. The van der Waals surface area contributed by atoms with Gasteiger partial charge in [-0.05, 0) is 6.42 Å². The molecule has 5 N–H and O–H groups in total. The lowest BCUT2D eigenvalue weighted by molar-refractivity contribution is -0.139.